The highest BCUT2D eigenvalue weighted by molar-refractivity contribution is 7.03. The molecule has 2 aromatic heterocycles. The summed E-state index contributed by atoms with van der Waals surface area (Å²) in [6, 6.07) is 2.03. The number of carbonyl (C=O) groups is 1. The predicted octanol–water partition coefficient (Wildman–Crippen LogP) is 1.67. The molecule has 0 saturated heterocycles. The van der Waals surface area contributed by atoms with Crippen molar-refractivity contribution in [1.82, 2.24) is 19.9 Å². The highest BCUT2D eigenvalue weighted by Gasteiger charge is 2.26. The van der Waals surface area contributed by atoms with Crippen LogP contribution >= 0.6 is 11.5 Å². The van der Waals surface area contributed by atoms with Gasteiger partial charge in [0.25, 0.3) is 5.91 Å². The Bertz CT molecular complexity index is 515. The number of nitrogens with zero attached hydrogens (tertiary/aromatic N) is 2. The molecule has 1 saturated carbocycles. The number of aromatic nitrogens is 3. The Kier molecular flexibility index (Phi) is 2.64. The van der Waals surface area contributed by atoms with Gasteiger partial charge >= 0.3 is 0 Å². The molecular formula is C11H12N4OS. The van der Waals surface area contributed by atoms with Gasteiger partial charge in [-0.25, -0.2) is 4.37 Å². The third kappa shape index (κ3) is 2.36. The fourth-order valence-corrected chi connectivity index (χ4v) is 2.17. The Balaban J connectivity index is 1.58. The van der Waals surface area contributed by atoms with Gasteiger partial charge in [0.15, 0.2) is 0 Å². The van der Waals surface area contributed by atoms with Crippen LogP contribution in [0.1, 0.15) is 40.5 Å². The SMILES string of the molecule is O=C(NCc1cc(C2CC2)n[nH]1)c1cnsc1. The number of hydrogen-bond donors (Lipinski definition) is 2. The van der Waals surface area contributed by atoms with E-state index in [1.165, 1.54) is 24.4 Å². The normalized spacial score (nSPS) is 14.8. The molecule has 0 spiro atoms. The molecule has 1 aliphatic carbocycles. The first kappa shape index (κ1) is 10.5. The van der Waals surface area contributed by atoms with Gasteiger partial charge in [-0.05, 0) is 30.4 Å². The molecule has 5 nitrogen and oxygen atoms in total. The van der Waals surface area contributed by atoms with E-state index in [-0.39, 0.29) is 5.91 Å². The standard InChI is InChI=1S/C11H12N4OS/c16-11(8-4-13-17-6-8)12-5-9-3-10(15-14-9)7-1-2-7/h3-4,6-7H,1-2,5H2,(H,12,16)(H,14,15). The molecular weight excluding hydrogens is 236 g/mol. The van der Waals surface area contributed by atoms with Crippen LogP contribution in [0.3, 0.4) is 0 Å². The third-order valence-corrected chi connectivity index (χ3v) is 3.37. The van der Waals surface area contributed by atoms with Crippen molar-refractivity contribution in [2.45, 2.75) is 25.3 Å². The zero-order valence-electron chi connectivity index (χ0n) is 9.14. The van der Waals surface area contributed by atoms with Gasteiger partial charge in [-0.3, -0.25) is 9.89 Å². The largest absolute Gasteiger partial charge is 0.346 e. The van der Waals surface area contributed by atoms with Crippen LogP contribution < -0.4 is 5.32 Å². The monoisotopic (exact) mass is 248 g/mol. The van der Waals surface area contributed by atoms with E-state index in [4.69, 9.17) is 0 Å². The summed E-state index contributed by atoms with van der Waals surface area (Å²) in [6.45, 7) is 0.481. The second-order valence-electron chi connectivity index (χ2n) is 4.19. The number of amides is 1. The first-order chi connectivity index (χ1) is 8.33. The zero-order valence-corrected chi connectivity index (χ0v) is 9.96. The minimum atomic E-state index is -0.0960. The Morgan fingerprint density at radius 2 is 2.47 bits per heavy atom. The highest BCUT2D eigenvalue weighted by Crippen LogP contribution is 2.38. The van der Waals surface area contributed by atoms with Crippen molar-refractivity contribution in [3.8, 4) is 0 Å². The number of nitrogens with one attached hydrogen (secondary N) is 2. The second-order valence-corrected chi connectivity index (χ2v) is 4.85. The third-order valence-electron chi connectivity index (χ3n) is 2.78. The van der Waals surface area contributed by atoms with Gasteiger partial charge < -0.3 is 5.32 Å². The van der Waals surface area contributed by atoms with Crippen LogP contribution in [0.4, 0.5) is 0 Å². The van der Waals surface area contributed by atoms with Crippen LogP contribution in [0.5, 0.6) is 0 Å². The summed E-state index contributed by atoms with van der Waals surface area (Å²) in [5.74, 6) is 0.540. The fraction of sp³-hybridized carbons (Fsp3) is 0.364. The topological polar surface area (TPSA) is 70.7 Å². The predicted molar refractivity (Wildman–Crippen MR) is 63.8 cm³/mol. The highest BCUT2D eigenvalue weighted by atomic mass is 32.1. The summed E-state index contributed by atoms with van der Waals surface area (Å²) in [4.78, 5) is 11.7. The molecule has 0 bridgehead atoms. The maximum Gasteiger partial charge on any atom is 0.254 e. The van der Waals surface area contributed by atoms with Gasteiger partial charge in [0.2, 0.25) is 0 Å². The van der Waals surface area contributed by atoms with Crippen molar-refractivity contribution in [2.24, 2.45) is 0 Å². The molecule has 0 atom stereocenters. The Labute approximate surface area is 102 Å². The molecule has 2 heterocycles. The van der Waals surface area contributed by atoms with Crippen molar-refractivity contribution < 1.29 is 4.79 Å². The van der Waals surface area contributed by atoms with E-state index in [9.17, 15) is 4.79 Å². The Hall–Kier alpha value is -1.69. The van der Waals surface area contributed by atoms with Crippen LogP contribution in [0.15, 0.2) is 17.6 Å². The minimum absolute atomic E-state index is 0.0960. The van der Waals surface area contributed by atoms with Crippen LogP contribution in [-0.2, 0) is 6.54 Å². The molecule has 0 radical (unpaired) electrons. The number of rotatable bonds is 4. The molecule has 0 aliphatic heterocycles. The first-order valence-corrected chi connectivity index (χ1v) is 6.38. The Morgan fingerprint density at radius 1 is 1.59 bits per heavy atom. The van der Waals surface area contributed by atoms with E-state index in [1.54, 1.807) is 11.6 Å². The van der Waals surface area contributed by atoms with E-state index in [2.05, 4.69) is 19.9 Å². The summed E-state index contributed by atoms with van der Waals surface area (Å²) in [6.07, 6.45) is 4.04. The molecule has 2 N–H and O–H groups in total. The summed E-state index contributed by atoms with van der Waals surface area (Å²) >= 11 is 1.27. The van der Waals surface area contributed by atoms with Gasteiger partial charge in [0.1, 0.15) is 0 Å². The summed E-state index contributed by atoms with van der Waals surface area (Å²) in [7, 11) is 0. The van der Waals surface area contributed by atoms with Gasteiger partial charge in [0, 0.05) is 11.3 Å². The lowest BCUT2D eigenvalue weighted by molar-refractivity contribution is 0.0950. The molecule has 3 rings (SSSR count). The molecule has 1 fully saturated rings. The molecule has 2 aromatic rings. The number of carbonyl (C=O) groups excluding carboxylic acids is 1. The van der Waals surface area contributed by atoms with Crippen molar-refractivity contribution in [3.05, 3.63) is 34.6 Å². The average Bonchev–Trinajstić information content (AvgIpc) is 2.88. The van der Waals surface area contributed by atoms with Gasteiger partial charge in [-0.15, -0.1) is 0 Å². The summed E-state index contributed by atoms with van der Waals surface area (Å²) in [5.41, 5.74) is 2.67. The first-order valence-electron chi connectivity index (χ1n) is 5.54. The smallest absolute Gasteiger partial charge is 0.254 e. The number of hydrogen-bond acceptors (Lipinski definition) is 4. The fourth-order valence-electron chi connectivity index (χ4n) is 1.65. The molecule has 1 aliphatic rings. The average molecular weight is 248 g/mol. The molecule has 1 amide bonds. The minimum Gasteiger partial charge on any atom is -0.346 e. The lowest BCUT2D eigenvalue weighted by Crippen LogP contribution is -2.22. The lowest BCUT2D eigenvalue weighted by Gasteiger charge is -2.00. The van der Waals surface area contributed by atoms with Crippen molar-refractivity contribution in [3.63, 3.8) is 0 Å². The van der Waals surface area contributed by atoms with E-state index in [1.807, 2.05) is 6.07 Å². The molecule has 0 unspecified atom stereocenters. The van der Waals surface area contributed by atoms with Crippen LogP contribution in [0, 0.1) is 0 Å². The van der Waals surface area contributed by atoms with E-state index in [0.717, 1.165) is 11.4 Å². The van der Waals surface area contributed by atoms with E-state index < -0.39 is 0 Å². The lowest BCUT2D eigenvalue weighted by atomic mass is 10.2. The second kappa shape index (κ2) is 4.29. The maximum atomic E-state index is 11.7. The van der Waals surface area contributed by atoms with Crippen LogP contribution in [-0.4, -0.2) is 20.5 Å². The maximum absolute atomic E-state index is 11.7. The van der Waals surface area contributed by atoms with Crippen LogP contribution in [0.25, 0.3) is 0 Å². The molecule has 6 heteroatoms. The Morgan fingerprint density at radius 3 is 3.18 bits per heavy atom. The van der Waals surface area contributed by atoms with Crippen molar-refractivity contribution >= 4 is 17.4 Å². The van der Waals surface area contributed by atoms with E-state index in [0.29, 0.717) is 18.0 Å². The summed E-state index contributed by atoms with van der Waals surface area (Å²) < 4.78 is 3.89. The summed E-state index contributed by atoms with van der Waals surface area (Å²) in [5, 5.41) is 11.7. The molecule has 88 valence electrons. The van der Waals surface area contributed by atoms with E-state index >= 15 is 0 Å². The number of aromatic amines is 1. The van der Waals surface area contributed by atoms with Crippen molar-refractivity contribution in [2.75, 3.05) is 0 Å². The van der Waals surface area contributed by atoms with Gasteiger partial charge in [-0.2, -0.15) is 5.10 Å². The van der Waals surface area contributed by atoms with Crippen LogP contribution in [0.2, 0.25) is 0 Å². The van der Waals surface area contributed by atoms with Gasteiger partial charge in [0.05, 0.1) is 29.7 Å². The molecule has 0 aromatic carbocycles. The number of H-pyrrole nitrogens is 1. The molecule has 17 heavy (non-hydrogen) atoms. The zero-order chi connectivity index (χ0) is 11.7. The quantitative estimate of drug-likeness (QED) is 0.864. The van der Waals surface area contributed by atoms with Crippen molar-refractivity contribution in [1.29, 1.82) is 0 Å². The van der Waals surface area contributed by atoms with Gasteiger partial charge in [-0.1, -0.05) is 0 Å².